The molecule has 0 bridgehead atoms. The molecule has 142 valence electrons. The molecule has 0 amide bonds. The van der Waals surface area contributed by atoms with Crippen LogP contribution in [-0.4, -0.2) is 24.6 Å². The summed E-state index contributed by atoms with van der Waals surface area (Å²) in [6.07, 6.45) is 2.32. The van der Waals surface area contributed by atoms with Crippen LogP contribution in [0.25, 0.3) is 11.5 Å². The fourth-order valence-electron chi connectivity index (χ4n) is 2.40. The third-order valence-electron chi connectivity index (χ3n) is 3.86. The lowest BCUT2D eigenvalue weighted by molar-refractivity contribution is 0.415. The lowest BCUT2D eigenvalue weighted by atomic mass is 10.1. The molecule has 0 aliphatic heterocycles. The number of oxazole rings is 1. The number of aliphatic imine (C=N–C) groups is 1. The Balaban J connectivity index is 0.00000261. The molecule has 0 aliphatic rings. The van der Waals surface area contributed by atoms with E-state index in [4.69, 9.17) is 14.9 Å². The van der Waals surface area contributed by atoms with Crippen LogP contribution in [0.2, 0.25) is 0 Å². The number of nitrogens with two attached hydrogens (primary N) is 1. The molecular formula is C20H23IN4O2. The Hall–Kier alpha value is -2.55. The van der Waals surface area contributed by atoms with E-state index in [0.717, 1.165) is 22.7 Å². The second-order valence-corrected chi connectivity index (χ2v) is 5.88. The first-order valence-corrected chi connectivity index (χ1v) is 8.36. The number of aryl methyl sites for hydroxylation is 1. The first kappa shape index (κ1) is 20.8. The second-order valence-electron chi connectivity index (χ2n) is 5.88. The minimum atomic E-state index is 0. The van der Waals surface area contributed by atoms with E-state index in [1.165, 1.54) is 5.56 Å². The molecule has 0 unspecified atom stereocenters. The summed E-state index contributed by atoms with van der Waals surface area (Å²) in [7, 11) is 1.63. The summed E-state index contributed by atoms with van der Waals surface area (Å²) in [5, 5.41) is 3.04. The van der Waals surface area contributed by atoms with Gasteiger partial charge in [-0.15, -0.1) is 24.0 Å². The van der Waals surface area contributed by atoms with Gasteiger partial charge in [0, 0.05) is 24.2 Å². The Labute approximate surface area is 175 Å². The molecule has 0 fully saturated rings. The van der Waals surface area contributed by atoms with E-state index in [2.05, 4.69) is 15.3 Å². The van der Waals surface area contributed by atoms with Gasteiger partial charge in [0.25, 0.3) is 0 Å². The van der Waals surface area contributed by atoms with Crippen LogP contribution in [-0.2, 0) is 6.42 Å². The topological polar surface area (TPSA) is 85.7 Å². The molecule has 0 radical (unpaired) electrons. The number of nitrogens with one attached hydrogen (secondary N) is 1. The molecule has 0 saturated heterocycles. The third kappa shape index (κ3) is 5.99. The van der Waals surface area contributed by atoms with E-state index in [-0.39, 0.29) is 24.0 Å². The SMILES string of the molecule is COc1ccc(NC(N)=NCCc2coc(-c3ccc(C)cc3)n2)cc1.I. The van der Waals surface area contributed by atoms with Crippen LogP contribution in [0.5, 0.6) is 5.75 Å². The van der Waals surface area contributed by atoms with Gasteiger partial charge in [-0.1, -0.05) is 17.7 Å². The number of halogens is 1. The molecule has 1 heterocycles. The Morgan fingerprint density at radius 3 is 2.52 bits per heavy atom. The highest BCUT2D eigenvalue weighted by atomic mass is 127. The van der Waals surface area contributed by atoms with E-state index in [0.29, 0.717) is 24.8 Å². The molecule has 7 heteroatoms. The third-order valence-corrected chi connectivity index (χ3v) is 3.86. The highest BCUT2D eigenvalue weighted by Crippen LogP contribution is 2.19. The van der Waals surface area contributed by atoms with E-state index >= 15 is 0 Å². The zero-order chi connectivity index (χ0) is 18.4. The van der Waals surface area contributed by atoms with E-state index in [1.54, 1.807) is 13.4 Å². The number of hydrogen-bond donors (Lipinski definition) is 2. The quantitative estimate of drug-likeness (QED) is 0.315. The van der Waals surface area contributed by atoms with Crippen molar-refractivity contribution in [3.05, 3.63) is 66.1 Å². The fourth-order valence-corrected chi connectivity index (χ4v) is 2.40. The van der Waals surface area contributed by atoms with Gasteiger partial charge < -0.3 is 20.2 Å². The van der Waals surface area contributed by atoms with Gasteiger partial charge in [0.05, 0.1) is 12.8 Å². The second kappa shape index (κ2) is 9.96. The van der Waals surface area contributed by atoms with Crippen molar-refractivity contribution in [3.63, 3.8) is 0 Å². The summed E-state index contributed by atoms with van der Waals surface area (Å²) in [6, 6.07) is 15.6. The molecule has 1 aromatic heterocycles. The first-order valence-electron chi connectivity index (χ1n) is 8.36. The summed E-state index contributed by atoms with van der Waals surface area (Å²) >= 11 is 0. The van der Waals surface area contributed by atoms with Crippen molar-refractivity contribution in [1.82, 2.24) is 4.98 Å². The average molecular weight is 478 g/mol. The lowest BCUT2D eigenvalue weighted by Crippen LogP contribution is -2.23. The van der Waals surface area contributed by atoms with Crippen LogP contribution in [0.1, 0.15) is 11.3 Å². The normalized spacial score (nSPS) is 11.0. The lowest BCUT2D eigenvalue weighted by Gasteiger charge is -2.06. The number of anilines is 1. The number of benzene rings is 2. The molecule has 0 aliphatic carbocycles. The van der Waals surface area contributed by atoms with Crippen LogP contribution >= 0.6 is 24.0 Å². The van der Waals surface area contributed by atoms with Gasteiger partial charge in [0.2, 0.25) is 5.89 Å². The fraction of sp³-hybridized carbons (Fsp3) is 0.200. The van der Waals surface area contributed by atoms with Crippen molar-refractivity contribution in [3.8, 4) is 17.2 Å². The van der Waals surface area contributed by atoms with Crippen LogP contribution in [0.3, 0.4) is 0 Å². The van der Waals surface area contributed by atoms with Gasteiger partial charge in [0.15, 0.2) is 5.96 Å². The van der Waals surface area contributed by atoms with Gasteiger partial charge >= 0.3 is 0 Å². The minimum Gasteiger partial charge on any atom is -0.497 e. The maximum atomic E-state index is 5.91. The smallest absolute Gasteiger partial charge is 0.226 e. The highest BCUT2D eigenvalue weighted by Gasteiger charge is 2.06. The number of rotatable bonds is 6. The Bertz CT molecular complexity index is 874. The average Bonchev–Trinajstić information content (AvgIpc) is 3.12. The van der Waals surface area contributed by atoms with Crippen molar-refractivity contribution in [2.75, 3.05) is 19.0 Å². The molecule has 3 N–H and O–H groups in total. The molecule has 0 saturated carbocycles. The monoisotopic (exact) mass is 478 g/mol. The van der Waals surface area contributed by atoms with Crippen molar-refractivity contribution in [2.45, 2.75) is 13.3 Å². The zero-order valence-corrected chi connectivity index (χ0v) is 17.6. The molecule has 0 spiro atoms. The highest BCUT2D eigenvalue weighted by molar-refractivity contribution is 14.0. The van der Waals surface area contributed by atoms with Gasteiger partial charge in [-0.3, -0.25) is 4.99 Å². The molecule has 0 atom stereocenters. The van der Waals surface area contributed by atoms with Crippen LogP contribution in [0.4, 0.5) is 5.69 Å². The minimum absolute atomic E-state index is 0. The van der Waals surface area contributed by atoms with Crippen LogP contribution in [0.15, 0.2) is 64.2 Å². The summed E-state index contributed by atoms with van der Waals surface area (Å²) in [4.78, 5) is 8.82. The first-order chi connectivity index (χ1) is 12.6. The van der Waals surface area contributed by atoms with E-state index < -0.39 is 0 Å². The number of aromatic nitrogens is 1. The predicted molar refractivity (Wildman–Crippen MR) is 119 cm³/mol. The standard InChI is InChI=1S/C20H22N4O2.HI/c1-14-3-5-15(6-4-14)19-23-17(13-26-19)11-12-22-20(21)24-16-7-9-18(25-2)10-8-16;/h3-10,13H,11-12H2,1-2H3,(H3,21,22,24);1H. The molecular weight excluding hydrogens is 455 g/mol. The summed E-state index contributed by atoms with van der Waals surface area (Å²) < 4.78 is 10.7. The molecule has 27 heavy (non-hydrogen) atoms. The Kier molecular flexibility index (Phi) is 7.66. The predicted octanol–water partition coefficient (Wildman–Crippen LogP) is 4.25. The number of nitrogens with zero attached hydrogens (tertiary/aromatic N) is 2. The molecule has 3 aromatic rings. The van der Waals surface area contributed by atoms with Gasteiger partial charge in [-0.25, -0.2) is 4.98 Å². The van der Waals surface area contributed by atoms with Crippen molar-refractivity contribution in [1.29, 1.82) is 0 Å². The Morgan fingerprint density at radius 2 is 1.85 bits per heavy atom. The van der Waals surface area contributed by atoms with Crippen LogP contribution in [0, 0.1) is 6.92 Å². The van der Waals surface area contributed by atoms with Crippen LogP contribution < -0.4 is 15.8 Å². The van der Waals surface area contributed by atoms with E-state index in [1.807, 2.05) is 55.5 Å². The molecule has 3 rings (SSSR count). The van der Waals surface area contributed by atoms with Gasteiger partial charge in [0.1, 0.15) is 12.0 Å². The molecule has 6 nitrogen and oxygen atoms in total. The number of hydrogen-bond acceptors (Lipinski definition) is 4. The van der Waals surface area contributed by atoms with Gasteiger partial charge in [-0.05, 0) is 43.3 Å². The maximum Gasteiger partial charge on any atom is 0.226 e. The maximum absolute atomic E-state index is 5.91. The Morgan fingerprint density at radius 1 is 1.15 bits per heavy atom. The number of ether oxygens (including phenoxy) is 1. The summed E-state index contributed by atoms with van der Waals surface area (Å²) in [5.74, 6) is 1.77. The molecule has 2 aromatic carbocycles. The van der Waals surface area contributed by atoms with Crippen molar-refractivity contribution >= 4 is 35.6 Å². The van der Waals surface area contributed by atoms with Gasteiger partial charge in [-0.2, -0.15) is 0 Å². The number of methoxy groups -OCH3 is 1. The number of guanidine groups is 1. The summed E-state index contributed by atoms with van der Waals surface area (Å²) in [6.45, 7) is 2.57. The zero-order valence-electron chi connectivity index (χ0n) is 15.3. The largest absolute Gasteiger partial charge is 0.497 e. The van der Waals surface area contributed by atoms with Crippen molar-refractivity contribution in [2.24, 2.45) is 10.7 Å². The van der Waals surface area contributed by atoms with E-state index in [9.17, 15) is 0 Å². The summed E-state index contributed by atoms with van der Waals surface area (Å²) in [5.41, 5.74) is 9.79. The van der Waals surface area contributed by atoms with Crippen molar-refractivity contribution < 1.29 is 9.15 Å².